The number of nitrogens with two attached hydrogens (primary N) is 1. The van der Waals surface area contributed by atoms with Crippen LogP contribution >= 0.6 is 0 Å². The second-order valence-corrected chi connectivity index (χ2v) is 8.86. The standard InChI is InChI=1S/C26H28FN5O3/c27-20-4-6-23-18(14-20)13-19(16-35-23)25(33)30-22-5-3-17(21-7-8-29-26(28)31-21)15-24(22)34-12-11-32-9-1-2-10-32/h3-8,14-15,19H,1-2,9-13,16H2,(H,30,33)(H2,28,29,31). The van der Waals surface area contributed by atoms with Crippen molar-refractivity contribution in [2.24, 2.45) is 5.92 Å². The molecule has 3 aromatic rings. The lowest BCUT2D eigenvalue weighted by atomic mass is 9.95. The largest absolute Gasteiger partial charge is 0.492 e. The summed E-state index contributed by atoms with van der Waals surface area (Å²) in [6.45, 7) is 3.70. The molecule has 8 nitrogen and oxygen atoms in total. The number of nitrogen functional groups attached to an aromatic ring is 1. The molecule has 1 fully saturated rings. The van der Waals surface area contributed by atoms with E-state index in [1.165, 1.54) is 25.0 Å². The molecule has 0 saturated carbocycles. The summed E-state index contributed by atoms with van der Waals surface area (Å²) in [4.78, 5) is 23.7. The van der Waals surface area contributed by atoms with E-state index in [0.717, 1.165) is 25.2 Å². The highest BCUT2D eigenvalue weighted by atomic mass is 19.1. The number of likely N-dealkylation sites (tertiary alicyclic amines) is 1. The van der Waals surface area contributed by atoms with E-state index in [-0.39, 0.29) is 24.3 Å². The molecular formula is C26H28FN5O3. The van der Waals surface area contributed by atoms with Crippen LogP contribution < -0.4 is 20.5 Å². The summed E-state index contributed by atoms with van der Waals surface area (Å²) in [7, 11) is 0. The van der Waals surface area contributed by atoms with Gasteiger partial charge in [0.1, 0.15) is 30.5 Å². The molecular weight excluding hydrogens is 449 g/mol. The normalized spacial score (nSPS) is 17.5. The molecule has 0 spiro atoms. The van der Waals surface area contributed by atoms with Crippen LogP contribution in [0.2, 0.25) is 0 Å². The van der Waals surface area contributed by atoms with Crippen molar-refractivity contribution in [2.75, 3.05) is 43.9 Å². The summed E-state index contributed by atoms with van der Waals surface area (Å²) in [6.07, 6.45) is 4.43. The zero-order valence-electron chi connectivity index (χ0n) is 19.4. The van der Waals surface area contributed by atoms with Crippen molar-refractivity contribution in [3.8, 4) is 22.8 Å². The monoisotopic (exact) mass is 477 g/mol. The minimum absolute atomic E-state index is 0.186. The highest BCUT2D eigenvalue weighted by Crippen LogP contribution is 2.33. The molecule has 5 rings (SSSR count). The Balaban J connectivity index is 1.33. The van der Waals surface area contributed by atoms with E-state index in [1.807, 2.05) is 12.1 Å². The number of aromatic nitrogens is 2. The Bertz CT molecular complexity index is 1220. The zero-order valence-corrected chi connectivity index (χ0v) is 19.4. The van der Waals surface area contributed by atoms with Crippen LogP contribution in [-0.4, -0.2) is 53.6 Å². The number of amides is 1. The first-order valence-corrected chi connectivity index (χ1v) is 11.9. The summed E-state index contributed by atoms with van der Waals surface area (Å²) in [6, 6.07) is 11.7. The van der Waals surface area contributed by atoms with Crippen molar-refractivity contribution in [1.29, 1.82) is 0 Å². The second kappa shape index (κ2) is 10.3. The number of hydrogen-bond donors (Lipinski definition) is 2. The number of carbonyl (C=O) groups is 1. The quantitative estimate of drug-likeness (QED) is 0.537. The van der Waals surface area contributed by atoms with E-state index in [2.05, 4.69) is 20.2 Å². The van der Waals surface area contributed by atoms with Crippen molar-refractivity contribution in [3.05, 3.63) is 60.0 Å². The Morgan fingerprint density at radius 1 is 1.20 bits per heavy atom. The Kier molecular flexibility index (Phi) is 6.76. The third-order valence-corrected chi connectivity index (χ3v) is 6.37. The van der Waals surface area contributed by atoms with E-state index in [1.54, 1.807) is 24.4 Å². The first-order chi connectivity index (χ1) is 17.0. The highest BCUT2D eigenvalue weighted by Gasteiger charge is 2.27. The predicted octanol–water partition coefficient (Wildman–Crippen LogP) is 3.53. The number of nitrogens with one attached hydrogen (secondary N) is 1. The fourth-order valence-corrected chi connectivity index (χ4v) is 4.50. The molecule has 2 aromatic carbocycles. The Hall–Kier alpha value is -3.72. The Morgan fingerprint density at radius 3 is 2.89 bits per heavy atom. The number of nitrogens with zero attached hydrogens (tertiary/aromatic N) is 3. The molecule has 3 heterocycles. The van der Waals surface area contributed by atoms with E-state index >= 15 is 0 Å². The van der Waals surface area contributed by atoms with Gasteiger partial charge in [-0.1, -0.05) is 6.07 Å². The number of halogens is 1. The molecule has 1 unspecified atom stereocenters. The van der Waals surface area contributed by atoms with Gasteiger partial charge in [-0.25, -0.2) is 14.4 Å². The molecule has 1 amide bonds. The lowest BCUT2D eigenvalue weighted by Gasteiger charge is -2.25. The highest BCUT2D eigenvalue weighted by molar-refractivity contribution is 5.95. The maximum atomic E-state index is 13.7. The fourth-order valence-electron chi connectivity index (χ4n) is 4.50. The number of fused-ring (bicyclic) bond motifs is 1. The average Bonchev–Trinajstić information content (AvgIpc) is 3.38. The molecule has 182 valence electrons. The molecule has 1 aromatic heterocycles. The van der Waals surface area contributed by atoms with E-state index in [9.17, 15) is 9.18 Å². The molecule has 35 heavy (non-hydrogen) atoms. The van der Waals surface area contributed by atoms with Gasteiger partial charge < -0.3 is 20.5 Å². The average molecular weight is 478 g/mol. The van der Waals surface area contributed by atoms with Crippen LogP contribution in [0.15, 0.2) is 48.7 Å². The van der Waals surface area contributed by atoms with Gasteiger partial charge in [0.25, 0.3) is 0 Å². The van der Waals surface area contributed by atoms with Crippen LogP contribution in [0.5, 0.6) is 11.5 Å². The third kappa shape index (κ3) is 5.51. The topological polar surface area (TPSA) is 103 Å². The number of hydrogen-bond acceptors (Lipinski definition) is 7. The zero-order chi connectivity index (χ0) is 24.2. The molecule has 0 bridgehead atoms. The predicted molar refractivity (Wildman–Crippen MR) is 131 cm³/mol. The van der Waals surface area contributed by atoms with E-state index < -0.39 is 5.92 Å². The minimum Gasteiger partial charge on any atom is -0.492 e. The summed E-state index contributed by atoms with van der Waals surface area (Å²) in [5.41, 5.74) is 8.48. The lowest BCUT2D eigenvalue weighted by Crippen LogP contribution is -2.32. The first-order valence-electron chi connectivity index (χ1n) is 11.9. The van der Waals surface area contributed by atoms with Crippen LogP contribution in [0.4, 0.5) is 16.0 Å². The van der Waals surface area contributed by atoms with Gasteiger partial charge in [0.15, 0.2) is 0 Å². The lowest BCUT2D eigenvalue weighted by molar-refractivity contribution is -0.121. The van der Waals surface area contributed by atoms with Crippen LogP contribution in [-0.2, 0) is 11.2 Å². The van der Waals surface area contributed by atoms with Crippen molar-refractivity contribution in [1.82, 2.24) is 14.9 Å². The summed E-state index contributed by atoms with van der Waals surface area (Å²) in [5.74, 6) is 0.366. The fraction of sp³-hybridized carbons (Fsp3) is 0.346. The molecule has 0 aliphatic carbocycles. The first kappa shape index (κ1) is 23.0. The molecule has 3 N–H and O–H groups in total. The van der Waals surface area contributed by atoms with Gasteiger partial charge in [0, 0.05) is 18.3 Å². The second-order valence-electron chi connectivity index (χ2n) is 8.86. The number of anilines is 2. The van der Waals surface area contributed by atoms with Crippen molar-refractivity contribution >= 4 is 17.5 Å². The van der Waals surface area contributed by atoms with Gasteiger partial charge in [0.2, 0.25) is 11.9 Å². The maximum Gasteiger partial charge on any atom is 0.231 e. The molecule has 0 radical (unpaired) electrons. The van der Waals surface area contributed by atoms with Crippen LogP contribution in [0, 0.1) is 11.7 Å². The maximum absolute atomic E-state index is 13.7. The van der Waals surface area contributed by atoms with Crippen LogP contribution in [0.25, 0.3) is 11.3 Å². The Labute approximate surface area is 203 Å². The van der Waals surface area contributed by atoms with E-state index in [4.69, 9.17) is 15.2 Å². The molecule has 1 saturated heterocycles. The number of carbonyl (C=O) groups excluding carboxylic acids is 1. The molecule has 2 aliphatic heterocycles. The molecule has 1 atom stereocenters. The van der Waals surface area contributed by atoms with Crippen LogP contribution in [0.3, 0.4) is 0 Å². The summed E-state index contributed by atoms with van der Waals surface area (Å²) >= 11 is 0. The Morgan fingerprint density at radius 2 is 2.06 bits per heavy atom. The third-order valence-electron chi connectivity index (χ3n) is 6.37. The van der Waals surface area contributed by atoms with Crippen molar-refractivity contribution < 1.29 is 18.7 Å². The summed E-state index contributed by atoms with van der Waals surface area (Å²) < 4.78 is 25.5. The van der Waals surface area contributed by atoms with Crippen LogP contribution in [0.1, 0.15) is 18.4 Å². The van der Waals surface area contributed by atoms with Gasteiger partial charge in [-0.05, 0) is 74.3 Å². The van der Waals surface area contributed by atoms with Gasteiger partial charge in [-0.3, -0.25) is 9.69 Å². The summed E-state index contributed by atoms with van der Waals surface area (Å²) in [5, 5.41) is 2.99. The van der Waals surface area contributed by atoms with Gasteiger partial charge >= 0.3 is 0 Å². The molecule has 9 heteroatoms. The minimum atomic E-state index is -0.442. The van der Waals surface area contributed by atoms with Gasteiger partial charge in [-0.15, -0.1) is 0 Å². The van der Waals surface area contributed by atoms with Crippen molar-refractivity contribution in [3.63, 3.8) is 0 Å². The number of ether oxygens (including phenoxy) is 2. The van der Waals surface area contributed by atoms with E-state index in [0.29, 0.717) is 41.5 Å². The van der Waals surface area contributed by atoms with Crippen molar-refractivity contribution in [2.45, 2.75) is 19.3 Å². The smallest absolute Gasteiger partial charge is 0.231 e. The SMILES string of the molecule is Nc1nccc(-c2ccc(NC(=O)C3COc4ccc(F)cc4C3)c(OCCN3CCCC3)c2)n1. The number of rotatable bonds is 7. The van der Waals surface area contributed by atoms with Gasteiger partial charge in [-0.2, -0.15) is 0 Å². The number of benzene rings is 2. The van der Waals surface area contributed by atoms with Gasteiger partial charge in [0.05, 0.1) is 17.3 Å². The molecule has 2 aliphatic rings.